The van der Waals surface area contributed by atoms with Gasteiger partial charge in [0.2, 0.25) is 0 Å². The summed E-state index contributed by atoms with van der Waals surface area (Å²) in [6, 6.07) is 13.2. The van der Waals surface area contributed by atoms with Crippen molar-refractivity contribution in [3.63, 3.8) is 0 Å². The van der Waals surface area contributed by atoms with E-state index in [0.29, 0.717) is 22.4 Å². The van der Waals surface area contributed by atoms with E-state index in [0.717, 1.165) is 23.2 Å². The molecule has 1 amide bonds. The fraction of sp³-hybridized carbons (Fsp3) is 0.238. The lowest BCUT2D eigenvalue weighted by atomic mass is 10.1. The molecule has 146 valence electrons. The van der Waals surface area contributed by atoms with E-state index in [1.165, 1.54) is 11.3 Å². The standard InChI is InChI=1S/C21H22N2O4S/c1-4-14-6-5-7-16(10-14)27-12-20(24)23-21-22-18(13-28-21)17-9-8-15(25-2)11-19(17)26-3/h5-11,13H,4,12H2,1-3H3,(H,22,23,24). The molecule has 0 aliphatic rings. The summed E-state index contributed by atoms with van der Waals surface area (Å²) in [5.41, 5.74) is 2.71. The molecule has 0 saturated heterocycles. The Bertz CT molecular complexity index is 955. The summed E-state index contributed by atoms with van der Waals surface area (Å²) in [5.74, 6) is 1.78. The molecule has 0 aliphatic carbocycles. The van der Waals surface area contributed by atoms with Crippen molar-refractivity contribution in [2.24, 2.45) is 0 Å². The summed E-state index contributed by atoms with van der Waals surface area (Å²) in [5, 5.41) is 5.14. The van der Waals surface area contributed by atoms with E-state index in [9.17, 15) is 4.79 Å². The van der Waals surface area contributed by atoms with Gasteiger partial charge < -0.3 is 14.2 Å². The number of hydrogen-bond donors (Lipinski definition) is 1. The number of rotatable bonds is 8. The summed E-state index contributed by atoms with van der Waals surface area (Å²) in [4.78, 5) is 16.7. The molecule has 0 spiro atoms. The first-order chi connectivity index (χ1) is 13.6. The van der Waals surface area contributed by atoms with Crippen LogP contribution in [0.15, 0.2) is 47.8 Å². The van der Waals surface area contributed by atoms with Gasteiger partial charge in [0.15, 0.2) is 11.7 Å². The van der Waals surface area contributed by atoms with Crippen LogP contribution < -0.4 is 19.5 Å². The number of carbonyl (C=O) groups is 1. The average molecular weight is 398 g/mol. The second kappa shape index (κ2) is 9.23. The van der Waals surface area contributed by atoms with Crippen molar-refractivity contribution in [3.05, 3.63) is 53.4 Å². The number of ether oxygens (including phenoxy) is 3. The van der Waals surface area contributed by atoms with Gasteiger partial charge in [-0.1, -0.05) is 19.1 Å². The minimum atomic E-state index is -0.260. The lowest BCUT2D eigenvalue weighted by Crippen LogP contribution is -2.20. The molecule has 0 saturated carbocycles. The van der Waals surface area contributed by atoms with Gasteiger partial charge in [-0.25, -0.2) is 4.98 Å². The predicted octanol–water partition coefficient (Wildman–Crippen LogP) is 4.41. The van der Waals surface area contributed by atoms with Crippen molar-refractivity contribution in [1.29, 1.82) is 0 Å². The second-order valence-corrected chi connectivity index (χ2v) is 6.80. The van der Waals surface area contributed by atoms with Crippen molar-refractivity contribution in [1.82, 2.24) is 4.98 Å². The quantitative estimate of drug-likeness (QED) is 0.609. The number of anilines is 1. The molecule has 6 nitrogen and oxygen atoms in total. The number of nitrogens with one attached hydrogen (secondary N) is 1. The summed E-state index contributed by atoms with van der Waals surface area (Å²) in [7, 11) is 3.20. The molecule has 0 unspecified atom stereocenters. The molecule has 0 aliphatic heterocycles. The molecular weight excluding hydrogens is 376 g/mol. The number of benzene rings is 2. The van der Waals surface area contributed by atoms with E-state index in [-0.39, 0.29) is 12.5 Å². The van der Waals surface area contributed by atoms with Gasteiger partial charge in [-0.2, -0.15) is 0 Å². The number of aryl methyl sites for hydroxylation is 1. The first kappa shape index (κ1) is 19.7. The highest BCUT2D eigenvalue weighted by Crippen LogP contribution is 2.34. The molecule has 28 heavy (non-hydrogen) atoms. The summed E-state index contributed by atoms with van der Waals surface area (Å²) >= 11 is 1.34. The number of aromatic nitrogens is 1. The Kier molecular flexibility index (Phi) is 6.49. The number of nitrogens with zero attached hydrogens (tertiary/aromatic N) is 1. The number of amides is 1. The molecule has 1 N–H and O–H groups in total. The van der Waals surface area contributed by atoms with Crippen LogP contribution in [0.25, 0.3) is 11.3 Å². The van der Waals surface area contributed by atoms with Crippen molar-refractivity contribution in [3.8, 4) is 28.5 Å². The minimum Gasteiger partial charge on any atom is -0.497 e. The Labute approximate surface area is 168 Å². The van der Waals surface area contributed by atoms with E-state index < -0.39 is 0 Å². The van der Waals surface area contributed by atoms with Gasteiger partial charge in [0, 0.05) is 17.0 Å². The molecule has 3 rings (SSSR count). The Morgan fingerprint density at radius 2 is 1.96 bits per heavy atom. The van der Waals surface area contributed by atoms with E-state index in [2.05, 4.69) is 17.2 Å². The van der Waals surface area contributed by atoms with E-state index >= 15 is 0 Å². The van der Waals surface area contributed by atoms with Crippen LogP contribution in [0.3, 0.4) is 0 Å². The Hall–Kier alpha value is -3.06. The Balaban J connectivity index is 1.63. The van der Waals surface area contributed by atoms with Gasteiger partial charge in [0.25, 0.3) is 5.91 Å². The fourth-order valence-corrected chi connectivity index (χ4v) is 3.35. The van der Waals surface area contributed by atoms with E-state index in [1.54, 1.807) is 20.3 Å². The van der Waals surface area contributed by atoms with Gasteiger partial charge in [0.05, 0.1) is 19.9 Å². The molecule has 1 heterocycles. The first-order valence-electron chi connectivity index (χ1n) is 8.82. The third-order valence-electron chi connectivity index (χ3n) is 4.11. The van der Waals surface area contributed by atoms with Crippen LogP contribution in [-0.4, -0.2) is 31.7 Å². The van der Waals surface area contributed by atoms with Gasteiger partial charge in [0.1, 0.15) is 17.2 Å². The highest BCUT2D eigenvalue weighted by atomic mass is 32.1. The predicted molar refractivity (Wildman–Crippen MR) is 111 cm³/mol. The molecule has 3 aromatic rings. The SMILES string of the molecule is CCc1cccc(OCC(=O)Nc2nc(-c3ccc(OC)cc3OC)cs2)c1. The number of carbonyl (C=O) groups excluding carboxylic acids is 1. The maximum Gasteiger partial charge on any atom is 0.264 e. The molecular formula is C21H22N2O4S. The monoisotopic (exact) mass is 398 g/mol. The summed E-state index contributed by atoms with van der Waals surface area (Å²) in [6.07, 6.45) is 0.917. The number of methoxy groups -OCH3 is 2. The Morgan fingerprint density at radius 1 is 1.11 bits per heavy atom. The largest absolute Gasteiger partial charge is 0.497 e. The van der Waals surface area contributed by atoms with Crippen molar-refractivity contribution < 1.29 is 19.0 Å². The Morgan fingerprint density at radius 3 is 2.71 bits per heavy atom. The van der Waals surface area contributed by atoms with Crippen LogP contribution in [0.4, 0.5) is 5.13 Å². The smallest absolute Gasteiger partial charge is 0.264 e. The van der Waals surface area contributed by atoms with Gasteiger partial charge in [-0.3, -0.25) is 10.1 Å². The second-order valence-electron chi connectivity index (χ2n) is 5.94. The summed E-state index contributed by atoms with van der Waals surface area (Å²) in [6.45, 7) is 2.00. The van der Waals surface area contributed by atoms with Crippen molar-refractivity contribution >= 4 is 22.4 Å². The van der Waals surface area contributed by atoms with Crippen LogP contribution in [0.1, 0.15) is 12.5 Å². The normalized spacial score (nSPS) is 10.4. The van der Waals surface area contributed by atoms with Crippen molar-refractivity contribution in [2.75, 3.05) is 26.1 Å². The third kappa shape index (κ3) is 4.80. The van der Waals surface area contributed by atoms with Gasteiger partial charge in [-0.15, -0.1) is 11.3 Å². The molecule has 0 atom stereocenters. The highest BCUT2D eigenvalue weighted by molar-refractivity contribution is 7.14. The maximum atomic E-state index is 12.2. The zero-order valence-electron chi connectivity index (χ0n) is 16.0. The lowest BCUT2D eigenvalue weighted by Gasteiger charge is -2.08. The van der Waals surface area contributed by atoms with Crippen LogP contribution in [0.5, 0.6) is 17.2 Å². The molecule has 0 radical (unpaired) electrons. The minimum absolute atomic E-state index is 0.0755. The van der Waals surface area contributed by atoms with Gasteiger partial charge >= 0.3 is 0 Å². The average Bonchev–Trinajstić information content (AvgIpc) is 3.20. The van der Waals surface area contributed by atoms with E-state index in [4.69, 9.17) is 14.2 Å². The molecule has 7 heteroatoms. The molecule has 0 fully saturated rings. The molecule has 2 aromatic carbocycles. The van der Waals surface area contributed by atoms with Gasteiger partial charge in [-0.05, 0) is 36.2 Å². The number of hydrogen-bond acceptors (Lipinski definition) is 6. The topological polar surface area (TPSA) is 69.7 Å². The summed E-state index contributed by atoms with van der Waals surface area (Å²) < 4.78 is 16.2. The maximum absolute atomic E-state index is 12.2. The van der Waals surface area contributed by atoms with Crippen LogP contribution >= 0.6 is 11.3 Å². The zero-order chi connectivity index (χ0) is 19.9. The van der Waals surface area contributed by atoms with Crippen LogP contribution in [0, 0.1) is 0 Å². The van der Waals surface area contributed by atoms with Crippen molar-refractivity contribution in [2.45, 2.75) is 13.3 Å². The first-order valence-corrected chi connectivity index (χ1v) is 9.70. The third-order valence-corrected chi connectivity index (χ3v) is 4.87. The number of thiazole rings is 1. The molecule has 0 bridgehead atoms. The van der Waals surface area contributed by atoms with Crippen LogP contribution in [-0.2, 0) is 11.2 Å². The highest BCUT2D eigenvalue weighted by Gasteiger charge is 2.13. The zero-order valence-corrected chi connectivity index (χ0v) is 16.8. The fourth-order valence-electron chi connectivity index (χ4n) is 2.62. The van der Waals surface area contributed by atoms with E-state index in [1.807, 2.05) is 41.8 Å². The van der Waals surface area contributed by atoms with Crippen LogP contribution in [0.2, 0.25) is 0 Å². The lowest BCUT2D eigenvalue weighted by molar-refractivity contribution is -0.118. The molecule has 1 aromatic heterocycles.